The van der Waals surface area contributed by atoms with Crippen LogP contribution in [0.2, 0.25) is 0 Å². The van der Waals surface area contributed by atoms with E-state index in [0.29, 0.717) is 0 Å². The molecule has 0 saturated heterocycles. The van der Waals surface area contributed by atoms with Gasteiger partial charge in [-0.1, -0.05) is 0 Å². The van der Waals surface area contributed by atoms with Gasteiger partial charge in [0.2, 0.25) is 0 Å². The number of fused-ring (bicyclic) bond motifs is 1. The van der Waals surface area contributed by atoms with Gasteiger partial charge in [-0.3, -0.25) is 9.20 Å². The second kappa shape index (κ2) is 2.48. The fraction of sp³-hybridized carbons (Fsp3) is 0. The fourth-order valence-electron chi connectivity index (χ4n) is 1.11. The van der Waals surface area contributed by atoms with Gasteiger partial charge in [0.05, 0.1) is 6.20 Å². The Morgan fingerprint density at radius 3 is 3.08 bits per heavy atom. The molecule has 0 atom stereocenters. The van der Waals surface area contributed by atoms with E-state index in [9.17, 15) is 9.90 Å². The van der Waals surface area contributed by atoms with E-state index < -0.39 is 0 Å². The molecule has 0 spiro atoms. The third kappa shape index (κ3) is 1.01. The van der Waals surface area contributed by atoms with Gasteiger partial charge in [-0.05, 0) is 12.1 Å². The molecule has 2 rings (SSSR count). The minimum absolute atomic E-state index is 0.0420. The first-order valence-electron chi connectivity index (χ1n) is 3.65. The van der Waals surface area contributed by atoms with Gasteiger partial charge in [0.1, 0.15) is 5.69 Å². The summed E-state index contributed by atoms with van der Waals surface area (Å²) >= 11 is 0. The Hall–Kier alpha value is -2.04. The van der Waals surface area contributed by atoms with Crippen LogP contribution in [-0.4, -0.2) is 14.5 Å². The summed E-state index contributed by atoms with van der Waals surface area (Å²) in [6.45, 7) is 0. The SMILES string of the molecule is Nc1cnc2c(O)cccn2c1=O. The number of anilines is 1. The van der Waals surface area contributed by atoms with Crippen LogP contribution in [0.3, 0.4) is 0 Å². The number of nitrogens with zero attached hydrogens (tertiary/aromatic N) is 2. The highest BCUT2D eigenvalue weighted by Crippen LogP contribution is 2.12. The van der Waals surface area contributed by atoms with Crippen molar-refractivity contribution in [2.75, 3.05) is 5.73 Å². The van der Waals surface area contributed by atoms with Crippen LogP contribution < -0.4 is 11.3 Å². The largest absolute Gasteiger partial charge is 0.504 e. The van der Waals surface area contributed by atoms with E-state index in [4.69, 9.17) is 5.73 Å². The first-order chi connectivity index (χ1) is 6.20. The summed E-state index contributed by atoms with van der Waals surface area (Å²) in [5, 5.41) is 9.32. The zero-order valence-electron chi connectivity index (χ0n) is 6.64. The molecule has 5 nitrogen and oxygen atoms in total. The first kappa shape index (κ1) is 7.60. The van der Waals surface area contributed by atoms with Gasteiger partial charge in [-0.25, -0.2) is 4.98 Å². The molecule has 66 valence electrons. The van der Waals surface area contributed by atoms with Crippen LogP contribution in [0.1, 0.15) is 0 Å². The van der Waals surface area contributed by atoms with E-state index in [0.717, 1.165) is 0 Å². The van der Waals surface area contributed by atoms with E-state index in [2.05, 4.69) is 4.98 Å². The summed E-state index contributed by atoms with van der Waals surface area (Å²) < 4.78 is 1.20. The molecule has 13 heavy (non-hydrogen) atoms. The Balaban J connectivity index is 3.03. The fourth-order valence-corrected chi connectivity index (χ4v) is 1.11. The van der Waals surface area contributed by atoms with Crippen molar-refractivity contribution in [1.82, 2.24) is 9.38 Å². The van der Waals surface area contributed by atoms with Gasteiger partial charge in [0.15, 0.2) is 11.4 Å². The molecule has 5 heteroatoms. The van der Waals surface area contributed by atoms with Crippen LogP contribution in [0.4, 0.5) is 5.69 Å². The molecule has 0 aromatic carbocycles. The highest BCUT2D eigenvalue weighted by molar-refractivity contribution is 5.54. The number of aromatic nitrogens is 2. The first-order valence-corrected chi connectivity index (χ1v) is 3.65. The van der Waals surface area contributed by atoms with Crippen LogP contribution in [0, 0.1) is 0 Å². The smallest absolute Gasteiger partial charge is 0.281 e. The second-order valence-corrected chi connectivity index (χ2v) is 2.61. The monoisotopic (exact) mass is 177 g/mol. The Morgan fingerprint density at radius 2 is 2.31 bits per heavy atom. The summed E-state index contributed by atoms with van der Waals surface area (Å²) in [5.74, 6) is -0.0420. The van der Waals surface area contributed by atoms with Crippen molar-refractivity contribution in [3.8, 4) is 5.75 Å². The second-order valence-electron chi connectivity index (χ2n) is 2.61. The summed E-state index contributed by atoms with van der Waals surface area (Å²) in [5.41, 5.74) is 5.25. The molecule has 0 saturated carbocycles. The Bertz CT molecular complexity index is 518. The van der Waals surface area contributed by atoms with Crippen LogP contribution in [0.15, 0.2) is 29.3 Å². The highest BCUT2D eigenvalue weighted by atomic mass is 16.3. The standard InChI is InChI=1S/C8H7N3O2/c9-5-4-10-7-6(12)2-1-3-11(7)8(5)13/h1-4,12H,9H2. The molecular weight excluding hydrogens is 170 g/mol. The molecule has 0 bridgehead atoms. The summed E-state index contributed by atoms with van der Waals surface area (Å²) in [6, 6.07) is 3.00. The average Bonchev–Trinajstić information content (AvgIpc) is 2.12. The zero-order valence-corrected chi connectivity index (χ0v) is 6.64. The molecule has 2 aromatic rings. The van der Waals surface area contributed by atoms with E-state index >= 15 is 0 Å². The van der Waals surface area contributed by atoms with Crippen molar-refractivity contribution < 1.29 is 5.11 Å². The van der Waals surface area contributed by atoms with Crippen molar-refractivity contribution in [3.63, 3.8) is 0 Å². The summed E-state index contributed by atoms with van der Waals surface area (Å²) in [4.78, 5) is 15.2. The summed E-state index contributed by atoms with van der Waals surface area (Å²) in [6.07, 6.45) is 2.73. The van der Waals surface area contributed by atoms with Crippen molar-refractivity contribution >= 4 is 11.3 Å². The number of pyridine rings is 1. The van der Waals surface area contributed by atoms with E-state index in [1.54, 1.807) is 6.07 Å². The number of hydrogen-bond donors (Lipinski definition) is 2. The maximum absolute atomic E-state index is 11.4. The van der Waals surface area contributed by atoms with E-state index in [1.165, 1.54) is 22.9 Å². The van der Waals surface area contributed by atoms with Crippen molar-refractivity contribution in [3.05, 3.63) is 34.9 Å². The topological polar surface area (TPSA) is 80.6 Å². The normalized spacial score (nSPS) is 10.5. The Kier molecular flexibility index (Phi) is 1.45. The third-order valence-electron chi connectivity index (χ3n) is 1.74. The molecule has 0 aliphatic rings. The van der Waals surface area contributed by atoms with Gasteiger partial charge in [0.25, 0.3) is 5.56 Å². The van der Waals surface area contributed by atoms with Crippen LogP contribution in [0.5, 0.6) is 5.75 Å². The predicted octanol–water partition coefficient (Wildman–Crippen LogP) is -0.0177. The van der Waals surface area contributed by atoms with Gasteiger partial charge in [-0.2, -0.15) is 0 Å². The molecule has 0 aliphatic carbocycles. The number of nitrogen functional groups attached to an aromatic ring is 1. The molecule has 0 fully saturated rings. The minimum Gasteiger partial charge on any atom is -0.504 e. The van der Waals surface area contributed by atoms with E-state index in [-0.39, 0.29) is 22.6 Å². The Morgan fingerprint density at radius 1 is 1.54 bits per heavy atom. The Labute approximate surface area is 73.1 Å². The van der Waals surface area contributed by atoms with Gasteiger partial charge < -0.3 is 10.8 Å². The lowest BCUT2D eigenvalue weighted by Crippen LogP contribution is -2.17. The molecule has 0 unspecified atom stereocenters. The predicted molar refractivity (Wildman–Crippen MR) is 47.5 cm³/mol. The number of rotatable bonds is 0. The number of hydrogen-bond acceptors (Lipinski definition) is 4. The van der Waals surface area contributed by atoms with Crippen LogP contribution in [-0.2, 0) is 0 Å². The van der Waals surface area contributed by atoms with E-state index in [1.807, 2.05) is 0 Å². The number of aromatic hydroxyl groups is 1. The summed E-state index contributed by atoms with van der Waals surface area (Å²) in [7, 11) is 0. The third-order valence-corrected chi connectivity index (χ3v) is 1.74. The number of nitrogens with two attached hydrogens (primary N) is 1. The lowest BCUT2D eigenvalue weighted by molar-refractivity contribution is 0.477. The van der Waals surface area contributed by atoms with Gasteiger partial charge in [-0.15, -0.1) is 0 Å². The quantitative estimate of drug-likeness (QED) is 0.592. The molecule has 0 aliphatic heterocycles. The molecule has 3 N–H and O–H groups in total. The molecule has 0 amide bonds. The van der Waals surface area contributed by atoms with Crippen molar-refractivity contribution in [2.24, 2.45) is 0 Å². The van der Waals surface area contributed by atoms with Gasteiger partial charge >= 0.3 is 0 Å². The zero-order chi connectivity index (χ0) is 9.42. The molecule has 2 heterocycles. The lowest BCUT2D eigenvalue weighted by Gasteiger charge is -2.01. The molecular formula is C8H7N3O2. The maximum atomic E-state index is 11.4. The van der Waals surface area contributed by atoms with Crippen LogP contribution >= 0.6 is 0 Å². The van der Waals surface area contributed by atoms with Crippen molar-refractivity contribution in [2.45, 2.75) is 0 Å². The lowest BCUT2D eigenvalue weighted by atomic mass is 10.4. The highest BCUT2D eigenvalue weighted by Gasteiger charge is 2.03. The molecule has 0 radical (unpaired) electrons. The van der Waals surface area contributed by atoms with Crippen molar-refractivity contribution in [1.29, 1.82) is 0 Å². The van der Waals surface area contributed by atoms with Gasteiger partial charge in [0, 0.05) is 6.20 Å². The maximum Gasteiger partial charge on any atom is 0.281 e. The average molecular weight is 177 g/mol. The molecule has 2 aromatic heterocycles. The minimum atomic E-state index is -0.374. The van der Waals surface area contributed by atoms with Crippen LogP contribution in [0.25, 0.3) is 5.65 Å².